The number of aromatic nitrogens is 2. The average Bonchev–Trinajstić information content (AvgIpc) is 2.73. The van der Waals surface area contributed by atoms with Gasteiger partial charge in [-0.2, -0.15) is 0 Å². The molecule has 3 nitrogen and oxygen atoms in total. The van der Waals surface area contributed by atoms with E-state index < -0.39 is 4.33 Å². The van der Waals surface area contributed by atoms with Gasteiger partial charge in [0.1, 0.15) is 9.36 Å². The van der Waals surface area contributed by atoms with Crippen LogP contribution in [0.3, 0.4) is 0 Å². The van der Waals surface area contributed by atoms with Gasteiger partial charge in [-0.3, -0.25) is 0 Å². The minimum absolute atomic E-state index is 0.345. The molecule has 0 bridgehead atoms. The number of hydrogen-bond acceptors (Lipinski definition) is 4. The molecule has 2 rings (SSSR count). The van der Waals surface area contributed by atoms with E-state index in [1.807, 2.05) is 0 Å². The standard InChI is InChI=1S/C8H9Cl2N3S/c9-8(10)3-5(8)4-14-7-6(11)12-1-2-13-7/h1-2,5H,3-4H2,(H2,11,12). The van der Waals surface area contributed by atoms with Gasteiger partial charge in [0.05, 0.1) is 0 Å². The van der Waals surface area contributed by atoms with E-state index in [9.17, 15) is 0 Å². The predicted molar refractivity (Wildman–Crippen MR) is 59.7 cm³/mol. The molecule has 6 heteroatoms. The molecule has 1 aliphatic carbocycles. The van der Waals surface area contributed by atoms with E-state index in [0.29, 0.717) is 11.7 Å². The van der Waals surface area contributed by atoms with Gasteiger partial charge in [0, 0.05) is 24.1 Å². The van der Waals surface area contributed by atoms with E-state index in [0.717, 1.165) is 17.2 Å². The molecular weight excluding hydrogens is 241 g/mol. The molecular formula is C8H9Cl2N3S. The molecule has 1 aromatic rings. The highest BCUT2D eigenvalue weighted by Crippen LogP contribution is 2.54. The van der Waals surface area contributed by atoms with Crippen molar-refractivity contribution in [2.24, 2.45) is 5.92 Å². The summed E-state index contributed by atoms with van der Waals surface area (Å²) in [7, 11) is 0. The van der Waals surface area contributed by atoms with Crippen molar-refractivity contribution in [3.63, 3.8) is 0 Å². The maximum absolute atomic E-state index is 5.90. The van der Waals surface area contributed by atoms with Crippen molar-refractivity contribution in [1.82, 2.24) is 9.97 Å². The molecule has 14 heavy (non-hydrogen) atoms. The van der Waals surface area contributed by atoms with Crippen molar-refractivity contribution in [3.05, 3.63) is 12.4 Å². The third-order valence-electron chi connectivity index (χ3n) is 2.07. The Morgan fingerprint density at radius 1 is 1.50 bits per heavy atom. The van der Waals surface area contributed by atoms with Crippen LogP contribution in [0.1, 0.15) is 6.42 Å². The largest absolute Gasteiger partial charge is 0.381 e. The van der Waals surface area contributed by atoms with E-state index in [-0.39, 0.29) is 0 Å². The summed E-state index contributed by atoms with van der Waals surface area (Å²) >= 11 is 13.3. The summed E-state index contributed by atoms with van der Waals surface area (Å²) in [6, 6.07) is 0. The van der Waals surface area contributed by atoms with Crippen LogP contribution in [-0.2, 0) is 0 Å². The van der Waals surface area contributed by atoms with Gasteiger partial charge in [-0.1, -0.05) is 0 Å². The van der Waals surface area contributed by atoms with E-state index in [1.54, 1.807) is 24.2 Å². The number of nitrogen functional groups attached to an aromatic ring is 1. The van der Waals surface area contributed by atoms with Crippen molar-refractivity contribution in [3.8, 4) is 0 Å². The lowest BCUT2D eigenvalue weighted by molar-refractivity contribution is 0.971. The van der Waals surface area contributed by atoms with Crippen LogP contribution < -0.4 is 5.73 Å². The predicted octanol–water partition coefficient (Wildman–Crippen LogP) is 2.34. The van der Waals surface area contributed by atoms with E-state index >= 15 is 0 Å². The number of nitrogens with two attached hydrogens (primary N) is 1. The van der Waals surface area contributed by atoms with Crippen LogP contribution in [0, 0.1) is 5.92 Å². The Morgan fingerprint density at radius 2 is 2.14 bits per heavy atom. The van der Waals surface area contributed by atoms with Gasteiger partial charge >= 0.3 is 0 Å². The molecule has 1 fully saturated rings. The van der Waals surface area contributed by atoms with Gasteiger partial charge in [0.15, 0.2) is 5.82 Å². The maximum Gasteiger partial charge on any atom is 0.156 e. The zero-order valence-electron chi connectivity index (χ0n) is 7.28. The molecule has 1 heterocycles. The number of rotatable bonds is 3. The van der Waals surface area contributed by atoms with Crippen LogP contribution in [-0.4, -0.2) is 20.1 Å². The SMILES string of the molecule is Nc1nccnc1SCC1CC1(Cl)Cl. The first-order valence-electron chi connectivity index (χ1n) is 4.17. The third-order valence-corrected chi connectivity index (χ3v) is 4.15. The highest BCUT2D eigenvalue weighted by Gasteiger charge is 2.51. The monoisotopic (exact) mass is 249 g/mol. The molecule has 76 valence electrons. The van der Waals surface area contributed by atoms with E-state index in [4.69, 9.17) is 28.9 Å². The fourth-order valence-corrected chi connectivity index (χ4v) is 2.88. The molecule has 0 spiro atoms. The van der Waals surface area contributed by atoms with Crippen LogP contribution in [0.4, 0.5) is 5.82 Å². The summed E-state index contributed by atoms with van der Waals surface area (Å²) in [6.45, 7) is 0. The normalized spacial score (nSPS) is 23.4. The number of hydrogen-bond donors (Lipinski definition) is 1. The highest BCUT2D eigenvalue weighted by molar-refractivity contribution is 7.99. The molecule has 0 saturated heterocycles. The lowest BCUT2D eigenvalue weighted by Gasteiger charge is -2.02. The van der Waals surface area contributed by atoms with E-state index in [1.165, 1.54) is 0 Å². The van der Waals surface area contributed by atoms with Gasteiger partial charge in [-0.25, -0.2) is 9.97 Å². The summed E-state index contributed by atoms with van der Waals surface area (Å²) in [5, 5.41) is 0.753. The number of thioether (sulfide) groups is 1. The Morgan fingerprint density at radius 3 is 2.71 bits per heavy atom. The number of halogens is 2. The van der Waals surface area contributed by atoms with Crippen molar-refractivity contribution >= 4 is 40.8 Å². The lowest BCUT2D eigenvalue weighted by Crippen LogP contribution is -1.98. The molecule has 1 aromatic heterocycles. The zero-order chi connectivity index (χ0) is 10.2. The molecule has 0 aliphatic heterocycles. The van der Waals surface area contributed by atoms with Crippen LogP contribution in [0.2, 0.25) is 0 Å². The Labute approximate surface area is 96.4 Å². The van der Waals surface area contributed by atoms with Crippen molar-refractivity contribution in [2.45, 2.75) is 15.8 Å². The fourth-order valence-electron chi connectivity index (χ4n) is 1.08. The van der Waals surface area contributed by atoms with Crippen LogP contribution in [0.25, 0.3) is 0 Å². The maximum atomic E-state index is 5.90. The molecule has 0 radical (unpaired) electrons. The molecule has 0 amide bonds. The van der Waals surface area contributed by atoms with Gasteiger partial charge in [0.2, 0.25) is 0 Å². The highest BCUT2D eigenvalue weighted by atomic mass is 35.5. The molecule has 1 atom stereocenters. The average molecular weight is 250 g/mol. The molecule has 2 N–H and O–H groups in total. The van der Waals surface area contributed by atoms with E-state index in [2.05, 4.69) is 9.97 Å². The Kier molecular flexibility index (Phi) is 2.77. The van der Waals surface area contributed by atoms with Gasteiger partial charge in [-0.15, -0.1) is 35.0 Å². The summed E-state index contributed by atoms with van der Waals surface area (Å²) in [5.41, 5.74) is 5.63. The summed E-state index contributed by atoms with van der Waals surface area (Å²) in [6.07, 6.45) is 4.05. The molecule has 1 aliphatic rings. The van der Waals surface area contributed by atoms with Crippen molar-refractivity contribution < 1.29 is 0 Å². The fraction of sp³-hybridized carbons (Fsp3) is 0.500. The minimum atomic E-state index is -0.524. The summed E-state index contributed by atoms with van der Waals surface area (Å²) in [4.78, 5) is 8.06. The zero-order valence-corrected chi connectivity index (χ0v) is 9.61. The smallest absolute Gasteiger partial charge is 0.156 e. The number of anilines is 1. The Bertz CT molecular complexity index is 345. The number of alkyl halides is 2. The second-order valence-corrected chi connectivity index (χ2v) is 5.77. The first-order valence-corrected chi connectivity index (χ1v) is 5.91. The summed E-state index contributed by atoms with van der Waals surface area (Å²) < 4.78 is -0.524. The number of nitrogens with zero attached hydrogens (tertiary/aromatic N) is 2. The first-order chi connectivity index (χ1) is 6.59. The lowest BCUT2D eigenvalue weighted by atomic mass is 10.5. The van der Waals surface area contributed by atoms with Crippen molar-refractivity contribution in [2.75, 3.05) is 11.5 Å². The Balaban J connectivity index is 1.90. The topological polar surface area (TPSA) is 51.8 Å². The quantitative estimate of drug-likeness (QED) is 0.660. The van der Waals surface area contributed by atoms with Gasteiger partial charge < -0.3 is 5.73 Å². The molecule has 0 aromatic carbocycles. The van der Waals surface area contributed by atoms with Crippen LogP contribution in [0.15, 0.2) is 17.4 Å². The second kappa shape index (κ2) is 3.76. The van der Waals surface area contributed by atoms with Crippen molar-refractivity contribution in [1.29, 1.82) is 0 Å². The Hall–Kier alpha value is -0.190. The van der Waals surface area contributed by atoms with Gasteiger partial charge in [0.25, 0.3) is 0 Å². The molecule has 1 saturated carbocycles. The van der Waals surface area contributed by atoms with Crippen LogP contribution >= 0.6 is 35.0 Å². The second-order valence-electron chi connectivity index (χ2n) is 3.22. The van der Waals surface area contributed by atoms with Gasteiger partial charge in [-0.05, 0) is 6.42 Å². The van der Waals surface area contributed by atoms with Crippen LogP contribution in [0.5, 0.6) is 0 Å². The molecule has 1 unspecified atom stereocenters. The first kappa shape index (κ1) is 10.3. The third kappa shape index (κ3) is 2.24. The minimum Gasteiger partial charge on any atom is -0.381 e. The summed E-state index contributed by atoms with van der Waals surface area (Å²) in [5.74, 6) is 1.65.